The van der Waals surface area contributed by atoms with Crippen molar-refractivity contribution in [1.82, 2.24) is 9.97 Å². The molecule has 0 bridgehead atoms. The SMILES string of the molecule is Cc1cc(C(=O)O)nc(N2CCC(C(C)C)CC2)n1. The van der Waals surface area contributed by atoms with Crippen molar-refractivity contribution >= 4 is 11.9 Å². The fourth-order valence-electron chi connectivity index (χ4n) is 2.57. The zero-order valence-electron chi connectivity index (χ0n) is 11.8. The van der Waals surface area contributed by atoms with Gasteiger partial charge in [-0.25, -0.2) is 14.8 Å². The van der Waals surface area contributed by atoms with Crippen LogP contribution in [0.3, 0.4) is 0 Å². The Labute approximate surface area is 113 Å². The first kappa shape index (κ1) is 13.8. The maximum Gasteiger partial charge on any atom is 0.354 e. The Bertz CT molecular complexity index is 466. The number of nitrogens with zero attached hydrogens (tertiary/aromatic N) is 3. The van der Waals surface area contributed by atoms with Crippen LogP contribution in [0.2, 0.25) is 0 Å². The number of carboxylic acids is 1. The number of hydrogen-bond donors (Lipinski definition) is 1. The molecule has 0 amide bonds. The summed E-state index contributed by atoms with van der Waals surface area (Å²) in [5.41, 5.74) is 0.780. The average molecular weight is 263 g/mol. The predicted molar refractivity (Wildman–Crippen MR) is 73.5 cm³/mol. The highest BCUT2D eigenvalue weighted by molar-refractivity contribution is 5.85. The molecule has 0 aromatic carbocycles. The first-order chi connectivity index (χ1) is 8.97. The Morgan fingerprint density at radius 3 is 2.53 bits per heavy atom. The van der Waals surface area contributed by atoms with E-state index in [0.717, 1.165) is 31.8 Å². The maximum atomic E-state index is 11.0. The van der Waals surface area contributed by atoms with E-state index in [0.29, 0.717) is 17.6 Å². The van der Waals surface area contributed by atoms with E-state index < -0.39 is 5.97 Å². The topological polar surface area (TPSA) is 66.3 Å². The van der Waals surface area contributed by atoms with Crippen molar-refractivity contribution in [1.29, 1.82) is 0 Å². The standard InChI is InChI=1S/C14H21N3O2/c1-9(2)11-4-6-17(7-5-11)14-15-10(3)8-12(16-14)13(18)19/h8-9,11H,4-7H2,1-3H3,(H,18,19). The van der Waals surface area contributed by atoms with Crippen LogP contribution in [0.5, 0.6) is 0 Å². The van der Waals surface area contributed by atoms with Gasteiger partial charge in [0.05, 0.1) is 0 Å². The van der Waals surface area contributed by atoms with Crippen LogP contribution in [0.4, 0.5) is 5.95 Å². The molecular formula is C14H21N3O2. The molecule has 1 saturated heterocycles. The lowest BCUT2D eigenvalue weighted by Gasteiger charge is -2.34. The van der Waals surface area contributed by atoms with Crippen molar-refractivity contribution in [2.75, 3.05) is 18.0 Å². The number of piperidine rings is 1. The first-order valence-electron chi connectivity index (χ1n) is 6.81. The van der Waals surface area contributed by atoms with Crippen molar-refractivity contribution in [3.8, 4) is 0 Å². The lowest BCUT2D eigenvalue weighted by Crippen LogP contribution is -2.36. The van der Waals surface area contributed by atoms with E-state index in [1.807, 2.05) is 0 Å². The van der Waals surface area contributed by atoms with Gasteiger partial charge in [-0.1, -0.05) is 13.8 Å². The van der Waals surface area contributed by atoms with Crippen molar-refractivity contribution in [2.45, 2.75) is 33.6 Å². The van der Waals surface area contributed by atoms with Gasteiger partial charge in [0.2, 0.25) is 5.95 Å². The van der Waals surface area contributed by atoms with Gasteiger partial charge in [-0.2, -0.15) is 0 Å². The van der Waals surface area contributed by atoms with Crippen LogP contribution in [0.1, 0.15) is 42.9 Å². The fraction of sp³-hybridized carbons (Fsp3) is 0.643. The number of rotatable bonds is 3. The second-order valence-electron chi connectivity index (χ2n) is 5.57. The van der Waals surface area contributed by atoms with E-state index >= 15 is 0 Å². The Morgan fingerprint density at radius 1 is 1.37 bits per heavy atom. The number of carbonyl (C=O) groups is 1. The molecule has 0 spiro atoms. The monoisotopic (exact) mass is 263 g/mol. The third-order valence-electron chi connectivity index (χ3n) is 3.83. The molecule has 104 valence electrons. The average Bonchev–Trinajstić information content (AvgIpc) is 2.38. The number of hydrogen-bond acceptors (Lipinski definition) is 4. The van der Waals surface area contributed by atoms with Gasteiger partial charge in [0, 0.05) is 18.8 Å². The van der Waals surface area contributed by atoms with E-state index in [1.54, 1.807) is 6.92 Å². The van der Waals surface area contributed by atoms with Crippen molar-refractivity contribution in [2.24, 2.45) is 11.8 Å². The van der Waals surface area contributed by atoms with E-state index in [9.17, 15) is 4.79 Å². The summed E-state index contributed by atoms with van der Waals surface area (Å²) in [6.07, 6.45) is 2.24. The summed E-state index contributed by atoms with van der Waals surface area (Å²) in [6.45, 7) is 8.13. The molecule has 1 aromatic rings. The minimum absolute atomic E-state index is 0.0773. The summed E-state index contributed by atoms with van der Waals surface area (Å²) in [5, 5.41) is 9.04. The molecule has 0 saturated carbocycles. The summed E-state index contributed by atoms with van der Waals surface area (Å²) in [6, 6.07) is 1.51. The number of anilines is 1. The van der Waals surface area contributed by atoms with Gasteiger partial charge in [-0.05, 0) is 37.7 Å². The molecule has 0 aliphatic carbocycles. The normalized spacial score (nSPS) is 16.9. The van der Waals surface area contributed by atoms with Crippen molar-refractivity contribution in [3.05, 3.63) is 17.5 Å². The highest BCUT2D eigenvalue weighted by Gasteiger charge is 2.23. The van der Waals surface area contributed by atoms with E-state index in [4.69, 9.17) is 5.11 Å². The molecule has 5 nitrogen and oxygen atoms in total. The van der Waals surface area contributed by atoms with Gasteiger partial charge in [-0.15, -0.1) is 0 Å². The highest BCUT2D eigenvalue weighted by Crippen LogP contribution is 2.26. The van der Waals surface area contributed by atoms with Gasteiger partial charge < -0.3 is 10.0 Å². The zero-order valence-corrected chi connectivity index (χ0v) is 11.8. The van der Waals surface area contributed by atoms with Crippen LogP contribution in [0, 0.1) is 18.8 Å². The van der Waals surface area contributed by atoms with Gasteiger partial charge in [0.15, 0.2) is 5.69 Å². The summed E-state index contributed by atoms with van der Waals surface area (Å²) in [4.78, 5) is 21.6. The molecular weight excluding hydrogens is 242 g/mol. The second kappa shape index (κ2) is 5.55. The first-order valence-corrected chi connectivity index (χ1v) is 6.81. The molecule has 5 heteroatoms. The Morgan fingerprint density at radius 2 is 2.00 bits per heavy atom. The molecule has 19 heavy (non-hydrogen) atoms. The molecule has 2 heterocycles. The molecule has 1 fully saturated rings. The summed E-state index contributed by atoms with van der Waals surface area (Å²) < 4.78 is 0. The van der Waals surface area contributed by atoms with Crippen LogP contribution in [0.25, 0.3) is 0 Å². The van der Waals surface area contributed by atoms with Gasteiger partial charge in [-0.3, -0.25) is 0 Å². The van der Waals surface area contributed by atoms with Gasteiger partial charge in [0.25, 0.3) is 0 Å². The molecule has 0 unspecified atom stereocenters. The lowest BCUT2D eigenvalue weighted by molar-refractivity contribution is 0.0690. The minimum atomic E-state index is -0.996. The van der Waals surface area contributed by atoms with Gasteiger partial charge >= 0.3 is 5.97 Å². The van der Waals surface area contributed by atoms with Crippen molar-refractivity contribution < 1.29 is 9.90 Å². The second-order valence-corrected chi connectivity index (χ2v) is 5.57. The summed E-state index contributed by atoms with van der Waals surface area (Å²) in [7, 11) is 0. The molecule has 1 N–H and O–H groups in total. The number of aryl methyl sites for hydroxylation is 1. The van der Waals surface area contributed by atoms with E-state index in [2.05, 4.69) is 28.7 Å². The zero-order chi connectivity index (χ0) is 14.0. The van der Waals surface area contributed by atoms with Crippen LogP contribution in [-0.4, -0.2) is 34.1 Å². The van der Waals surface area contributed by atoms with Crippen LogP contribution in [0.15, 0.2) is 6.07 Å². The molecule has 1 aliphatic rings. The smallest absolute Gasteiger partial charge is 0.354 e. The van der Waals surface area contributed by atoms with Crippen molar-refractivity contribution in [3.63, 3.8) is 0 Å². The molecule has 0 radical (unpaired) electrons. The van der Waals surface area contributed by atoms with Crippen LogP contribution >= 0.6 is 0 Å². The minimum Gasteiger partial charge on any atom is -0.477 e. The molecule has 1 aromatic heterocycles. The number of aromatic nitrogens is 2. The predicted octanol–water partition coefficient (Wildman–Crippen LogP) is 2.36. The van der Waals surface area contributed by atoms with Crippen LogP contribution in [-0.2, 0) is 0 Å². The quantitative estimate of drug-likeness (QED) is 0.906. The Hall–Kier alpha value is -1.65. The summed E-state index contributed by atoms with van der Waals surface area (Å²) in [5.74, 6) is 1.01. The van der Waals surface area contributed by atoms with Crippen LogP contribution < -0.4 is 4.90 Å². The Balaban J connectivity index is 2.13. The highest BCUT2D eigenvalue weighted by atomic mass is 16.4. The van der Waals surface area contributed by atoms with Gasteiger partial charge in [0.1, 0.15) is 0 Å². The lowest BCUT2D eigenvalue weighted by atomic mass is 9.87. The fourth-order valence-corrected chi connectivity index (χ4v) is 2.57. The molecule has 0 atom stereocenters. The third kappa shape index (κ3) is 3.22. The largest absolute Gasteiger partial charge is 0.477 e. The molecule has 1 aliphatic heterocycles. The molecule has 2 rings (SSSR count). The van der Waals surface area contributed by atoms with E-state index in [1.165, 1.54) is 6.07 Å². The number of carboxylic acid groups (broad SMARTS) is 1. The Kier molecular flexibility index (Phi) is 4.02. The summed E-state index contributed by atoms with van der Waals surface area (Å²) >= 11 is 0. The maximum absolute atomic E-state index is 11.0. The number of aromatic carboxylic acids is 1. The van der Waals surface area contributed by atoms with E-state index in [-0.39, 0.29) is 5.69 Å². The third-order valence-corrected chi connectivity index (χ3v) is 3.83.